The number of methoxy groups -OCH3 is 1. The van der Waals surface area contributed by atoms with Gasteiger partial charge in [-0.1, -0.05) is 13.8 Å². The van der Waals surface area contributed by atoms with Gasteiger partial charge in [0, 0.05) is 19.1 Å². The summed E-state index contributed by atoms with van der Waals surface area (Å²) in [6, 6.07) is 2.36. The van der Waals surface area contributed by atoms with E-state index in [4.69, 9.17) is 4.74 Å². The van der Waals surface area contributed by atoms with E-state index < -0.39 is 0 Å². The number of likely N-dealkylation sites (N-methyl/N-ethyl adjacent to an activating group) is 1. The lowest BCUT2D eigenvalue weighted by molar-refractivity contribution is 0.0780. The van der Waals surface area contributed by atoms with Crippen LogP contribution in [0.15, 0.2) is 11.4 Å². The molecule has 0 N–H and O–H groups in total. The monoisotopic (exact) mass is 282 g/mol. The standard InChI is InChI=1S/C14H22N2O2S/c1-4-15(5-2)11-6-8-16(10-11)14(17)13-12(18-3)7-9-19-13/h7,9,11H,4-6,8,10H2,1-3H3. The lowest BCUT2D eigenvalue weighted by Gasteiger charge is -2.26. The van der Waals surface area contributed by atoms with Crippen molar-refractivity contribution in [3.63, 3.8) is 0 Å². The molecule has 1 aliphatic heterocycles. The maximum Gasteiger partial charge on any atom is 0.267 e. The van der Waals surface area contributed by atoms with Crippen LogP contribution in [0.1, 0.15) is 29.9 Å². The SMILES string of the molecule is CCN(CC)C1CCN(C(=O)c2sccc2OC)C1. The second-order valence-corrected chi connectivity index (χ2v) is 5.65. The summed E-state index contributed by atoms with van der Waals surface area (Å²) in [4.78, 5) is 17.6. The summed E-state index contributed by atoms with van der Waals surface area (Å²) in [6.45, 7) is 8.13. The maximum absolute atomic E-state index is 12.5. The molecule has 0 spiro atoms. The zero-order chi connectivity index (χ0) is 13.8. The number of carbonyl (C=O) groups is 1. The third kappa shape index (κ3) is 2.92. The van der Waals surface area contributed by atoms with Crippen LogP contribution in [-0.2, 0) is 0 Å². The Morgan fingerprint density at radius 2 is 2.26 bits per heavy atom. The summed E-state index contributed by atoms with van der Waals surface area (Å²) in [6.07, 6.45) is 1.07. The maximum atomic E-state index is 12.5. The highest BCUT2D eigenvalue weighted by Gasteiger charge is 2.31. The smallest absolute Gasteiger partial charge is 0.267 e. The van der Waals surface area contributed by atoms with Crippen LogP contribution in [-0.4, -0.2) is 55.0 Å². The Morgan fingerprint density at radius 1 is 1.53 bits per heavy atom. The van der Waals surface area contributed by atoms with Crippen molar-refractivity contribution in [2.75, 3.05) is 33.3 Å². The molecule has 1 unspecified atom stereocenters. The number of amides is 1. The van der Waals surface area contributed by atoms with Gasteiger partial charge in [0.25, 0.3) is 5.91 Å². The molecule has 0 aliphatic carbocycles. The molecule has 0 radical (unpaired) electrons. The Labute approximate surface area is 119 Å². The molecule has 0 bridgehead atoms. The van der Waals surface area contributed by atoms with Gasteiger partial charge in [-0.3, -0.25) is 9.69 Å². The van der Waals surface area contributed by atoms with Crippen LogP contribution >= 0.6 is 11.3 Å². The molecule has 106 valence electrons. The van der Waals surface area contributed by atoms with Crippen LogP contribution in [0.2, 0.25) is 0 Å². The van der Waals surface area contributed by atoms with Crippen LogP contribution in [0.25, 0.3) is 0 Å². The molecular formula is C14H22N2O2S. The van der Waals surface area contributed by atoms with Crippen LogP contribution < -0.4 is 4.74 Å². The van der Waals surface area contributed by atoms with Crippen LogP contribution in [0.4, 0.5) is 0 Å². The molecular weight excluding hydrogens is 260 g/mol. The van der Waals surface area contributed by atoms with Crippen molar-refractivity contribution in [3.05, 3.63) is 16.3 Å². The molecule has 1 aromatic heterocycles. The van der Waals surface area contributed by atoms with Crippen molar-refractivity contribution < 1.29 is 9.53 Å². The zero-order valence-corrected chi connectivity index (χ0v) is 12.7. The van der Waals surface area contributed by atoms with Gasteiger partial charge >= 0.3 is 0 Å². The van der Waals surface area contributed by atoms with Gasteiger partial charge in [0.15, 0.2) is 0 Å². The van der Waals surface area contributed by atoms with Crippen LogP contribution in [0.3, 0.4) is 0 Å². The van der Waals surface area contributed by atoms with Gasteiger partial charge in [-0.2, -0.15) is 0 Å². The molecule has 2 heterocycles. The first-order valence-electron chi connectivity index (χ1n) is 6.86. The number of ether oxygens (including phenoxy) is 1. The average molecular weight is 282 g/mol. The molecule has 1 amide bonds. The van der Waals surface area contributed by atoms with E-state index in [0.29, 0.717) is 11.8 Å². The molecule has 1 aromatic rings. The number of carbonyl (C=O) groups excluding carboxylic acids is 1. The summed E-state index contributed by atoms with van der Waals surface area (Å²) in [5, 5.41) is 1.91. The van der Waals surface area contributed by atoms with E-state index in [0.717, 1.165) is 37.5 Å². The Hall–Kier alpha value is -1.07. The van der Waals surface area contributed by atoms with E-state index in [2.05, 4.69) is 18.7 Å². The summed E-state index contributed by atoms with van der Waals surface area (Å²) >= 11 is 1.46. The molecule has 0 saturated carbocycles. The minimum absolute atomic E-state index is 0.113. The van der Waals surface area contributed by atoms with Crippen molar-refractivity contribution in [2.45, 2.75) is 26.3 Å². The molecule has 2 rings (SSSR count). The number of rotatable bonds is 5. The molecule has 1 aliphatic rings. The van der Waals surface area contributed by atoms with Crippen LogP contribution in [0.5, 0.6) is 5.75 Å². The van der Waals surface area contributed by atoms with Crippen molar-refractivity contribution in [3.8, 4) is 5.75 Å². The van der Waals surface area contributed by atoms with Gasteiger partial charge in [-0.05, 0) is 31.0 Å². The largest absolute Gasteiger partial charge is 0.495 e. The minimum Gasteiger partial charge on any atom is -0.495 e. The zero-order valence-electron chi connectivity index (χ0n) is 11.9. The van der Waals surface area contributed by atoms with E-state index in [1.54, 1.807) is 7.11 Å². The normalized spacial score (nSPS) is 19.2. The highest BCUT2D eigenvalue weighted by molar-refractivity contribution is 7.12. The van der Waals surface area contributed by atoms with Gasteiger partial charge in [-0.25, -0.2) is 0 Å². The van der Waals surface area contributed by atoms with E-state index >= 15 is 0 Å². The topological polar surface area (TPSA) is 32.8 Å². The molecule has 19 heavy (non-hydrogen) atoms. The van der Waals surface area contributed by atoms with Gasteiger partial charge in [0.1, 0.15) is 10.6 Å². The van der Waals surface area contributed by atoms with E-state index in [1.165, 1.54) is 11.3 Å². The fourth-order valence-electron chi connectivity index (χ4n) is 2.72. The molecule has 4 nitrogen and oxygen atoms in total. The number of hydrogen-bond donors (Lipinski definition) is 0. The van der Waals surface area contributed by atoms with Gasteiger partial charge < -0.3 is 9.64 Å². The fourth-order valence-corrected chi connectivity index (χ4v) is 3.55. The highest BCUT2D eigenvalue weighted by atomic mass is 32.1. The number of nitrogens with zero attached hydrogens (tertiary/aromatic N) is 2. The average Bonchev–Trinajstić information content (AvgIpc) is 3.08. The number of hydrogen-bond acceptors (Lipinski definition) is 4. The van der Waals surface area contributed by atoms with E-state index in [-0.39, 0.29) is 5.91 Å². The van der Waals surface area contributed by atoms with Gasteiger partial charge in [0.05, 0.1) is 7.11 Å². The summed E-state index contributed by atoms with van der Waals surface area (Å²) in [5.41, 5.74) is 0. The second kappa shape index (κ2) is 6.39. The lowest BCUT2D eigenvalue weighted by Crippen LogP contribution is -2.38. The summed E-state index contributed by atoms with van der Waals surface area (Å²) in [5.74, 6) is 0.808. The van der Waals surface area contributed by atoms with Gasteiger partial charge in [-0.15, -0.1) is 11.3 Å². The molecule has 1 fully saturated rings. The molecule has 1 atom stereocenters. The first-order chi connectivity index (χ1) is 9.21. The van der Waals surface area contributed by atoms with Crippen molar-refractivity contribution in [1.82, 2.24) is 9.80 Å². The van der Waals surface area contributed by atoms with Crippen molar-refractivity contribution in [2.24, 2.45) is 0 Å². The lowest BCUT2D eigenvalue weighted by atomic mass is 10.2. The summed E-state index contributed by atoms with van der Waals surface area (Å²) in [7, 11) is 1.61. The second-order valence-electron chi connectivity index (χ2n) is 4.73. The predicted octanol–water partition coefficient (Wildman–Crippen LogP) is 2.31. The first kappa shape index (κ1) is 14.3. The van der Waals surface area contributed by atoms with Crippen molar-refractivity contribution in [1.29, 1.82) is 0 Å². The first-order valence-corrected chi connectivity index (χ1v) is 7.74. The van der Waals surface area contributed by atoms with Crippen LogP contribution in [0, 0.1) is 0 Å². The Balaban J connectivity index is 2.03. The third-order valence-corrected chi connectivity index (χ3v) is 4.71. The Kier molecular flexibility index (Phi) is 4.82. The molecule has 5 heteroatoms. The molecule has 1 saturated heterocycles. The predicted molar refractivity (Wildman–Crippen MR) is 78.1 cm³/mol. The summed E-state index contributed by atoms with van der Waals surface area (Å²) < 4.78 is 5.24. The number of thiophene rings is 1. The fraction of sp³-hybridized carbons (Fsp3) is 0.643. The number of likely N-dealkylation sites (tertiary alicyclic amines) is 1. The van der Waals surface area contributed by atoms with E-state index in [1.807, 2.05) is 16.3 Å². The molecule has 0 aromatic carbocycles. The van der Waals surface area contributed by atoms with Gasteiger partial charge in [0.2, 0.25) is 0 Å². The minimum atomic E-state index is 0.113. The third-order valence-electron chi connectivity index (χ3n) is 3.82. The highest BCUT2D eigenvalue weighted by Crippen LogP contribution is 2.28. The Morgan fingerprint density at radius 3 is 2.89 bits per heavy atom. The quantitative estimate of drug-likeness (QED) is 0.831. The Bertz CT molecular complexity index is 429. The van der Waals surface area contributed by atoms with Crippen molar-refractivity contribution >= 4 is 17.2 Å². The van der Waals surface area contributed by atoms with E-state index in [9.17, 15) is 4.79 Å².